The van der Waals surface area contributed by atoms with Gasteiger partial charge >= 0.3 is 0 Å². The minimum Gasteiger partial charge on any atom is -0.496 e. The number of carbonyl (C=O) groups is 1. The van der Waals surface area contributed by atoms with Gasteiger partial charge in [0.1, 0.15) is 5.75 Å². The summed E-state index contributed by atoms with van der Waals surface area (Å²) in [4.78, 5) is 13.8. The number of alkyl halides is 1. The molecule has 1 atom stereocenters. The molecule has 1 aromatic carbocycles. The van der Waals surface area contributed by atoms with Crippen molar-refractivity contribution >= 4 is 33.4 Å². The molecule has 1 rings (SSSR count). The van der Waals surface area contributed by atoms with Gasteiger partial charge in [0.2, 0.25) is 0 Å². The van der Waals surface area contributed by atoms with E-state index in [1.165, 1.54) is 0 Å². The van der Waals surface area contributed by atoms with Crippen LogP contribution in [0, 0.1) is 0 Å². The number of methoxy groups -OCH3 is 1. The molecule has 5 heteroatoms. The molecule has 0 spiro atoms. The summed E-state index contributed by atoms with van der Waals surface area (Å²) in [6.07, 6.45) is 0.779. The van der Waals surface area contributed by atoms with Crippen molar-refractivity contribution in [2.75, 3.05) is 20.7 Å². The van der Waals surface area contributed by atoms with E-state index < -0.39 is 0 Å². The van der Waals surface area contributed by atoms with Crippen LogP contribution in [0.3, 0.4) is 0 Å². The number of benzene rings is 1. The van der Waals surface area contributed by atoms with Gasteiger partial charge < -0.3 is 9.64 Å². The molecule has 0 saturated heterocycles. The van der Waals surface area contributed by atoms with Crippen LogP contribution in [0.4, 0.5) is 0 Å². The maximum absolute atomic E-state index is 12.1. The Labute approximate surface area is 121 Å². The molecule has 0 aliphatic rings. The highest BCUT2D eigenvalue weighted by atomic mass is 79.9. The van der Waals surface area contributed by atoms with Crippen LogP contribution in [0.15, 0.2) is 22.7 Å². The van der Waals surface area contributed by atoms with Crippen molar-refractivity contribution in [3.63, 3.8) is 0 Å². The van der Waals surface area contributed by atoms with E-state index in [1.807, 2.05) is 6.92 Å². The van der Waals surface area contributed by atoms with Gasteiger partial charge in [0, 0.05) is 24.5 Å². The standard InChI is InChI=1S/C13H17BrClNO2/c1-9(15)6-7-16(2)13(17)10-4-5-12(18-3)11(14)8-10/h4-5,8-9H,6-7H2,1-3H3. The molecule has 1 unspecified atom stereocenters. The Hall–Kier alpha value is -0.740. The number of carbonyl (C=O) groups excluding carboxylic acids is 1. The molecule has 18 heavy (non-hydrogen) atoms. The lowest BCUT2D eigenvalue weighted by atomic mass is 10.2. The van der Waals surface area contributed by atoms with Crippen molar-refractivity contribution in [3.8, 4) is 5.75 Å². The summed E-state index contributed by atoms with van der Waals surface area (Å²) in [5.41, 5.74) is 0.632. The molecule has 0 aliphatic heterocycles. The second-order valence-corrected chi connectivity index (χ2v) is 5.74. The van der Waals surface area contributed by atoms with Crippen LogP contribution >= 0.6 is 27.5 Å². The van der Waals surface area contributed by atoms with Crippen LogP contribution in [-0.4, -0.2) is 36.9 Å². The van der Waals surface area contributed by atoms with Gasteiger partial charge in [0.15, 0.2) is 0 Å². The highest BCUT2D eigenvalue weighted by Gasteiger charge is 2.13. The lowest BCUT2D eigenvalue weighted by Gasteiger charge is -2.18. The fourth-order valence-electron chi connectivity index (χ4n) is 1.49. The van der Waals surface area contributed by atoms with Crippen LogP contribution in [0.5, 0.6) is 5.75 Å². The van der Waals surface area contributed by atoms with Crippen molar-refractivity contribution in [3.05, 3.63) is 28.2 Å². The maximum Gasteiger partial charge on any atom is 0.253 e. The molecule has 0 saturated carbocycles. The van der Waals surface area contributed by atoms with Gasteiger partial charge in [-0.1, -0.05) is 0 Å². The van der Waals surface area contributed by atoms with E-state index in [0.717, 1.165) is 10.9 Å². The topological polar surface area (TPSA) is 29.5 Å². The predicted molar refractivity (Wildman–Crippen MR) is 77.6 cm³/mol. The fourth-order valence-corrected chi connectivity index (χ4v) is 2.13. The van der Waals surface area contributed by atoms with E-state index in [-0.39, 0.29) is 11.3 Å². The van der Waals surface area contributed by atoms with Gasteiger partial charge in [0.25, 0.3) is 5.91 Å². The van der Waals surface area contributed by atoms with E-state index in [1.54, 1.807) is 37.3 Å². The number of hydrogen-bond donors (Lipinski definition) is 0. The van der Waals surface area contributed by atoms with Crippen molar-refractivity contribution in [2.45, 2.75) is 18.7 Å². The third kappa shape index (κ3) is 4.18. The summed E-state index contributed by atoms with van der Waals surface area (Å²) in [7, 11) is 3.37. The normalized spacial score (nSPS) is 12.1. The minimum atomic E-state index is -0.0179. The van der Waals surface area contributed by atoms with E-state index in [2.05, 4.69) is 15.9 Å². The maximum atomic E-state index is 12.1. The van der Waals surface area contributed by atoms with E-state index in [4.69, 9.17) is 16.3 Å². The van der Waals surface area contributed by atoms with Crippen LogP contribution in [0.25, 0.3) is 0 Å². The zero-order valence-electron chi connectivity index (χ0n) is 10.7. The molecule has 0 aliphatic carbocycles. The Bertz CT molecular complexity index is 423. The lowest BCUT2D eigenvalue weighted by Crippen LogP contribution is -2.28. The zero-order valence-corrected chi connectivity index (χ0v) is 13.1. The van der Waals surface area contributed by atoms with E-state index in [9.17, 15) is 4.79 Å². The average molecular weight is 335 g/mol. The predicted octanol–water partition coefficient (Wildman–Crippen LogP) is 3.55. The average Bonchev–Trinajstić information content (AvgIpc) is 2.34. The van der Waals surface area contributed by atoms with Crippen molar-refractivity contribution in [1.82, 2.24) is 4.90 Å². The van der Waals surface area contributed by atoms with Crippen LogP contribution in [0.1, 0.15) is 23.7 Å². The van der Waals surface area contributed by atoms with Crippen LogP contribution in [0.2, 0.25) is 0 Å². The Morgan fingerprint density at radius 3 is 2.72 bits per heavy atom. The first-order valence-corrected chi connectivity index (χ1v) is 6.91. The van der Waals surface area contributed by atoms with Crippen LogP contribution in [-0.2, 0) is 0 Å². The summed E-state index contributed by atoms with van der Waals surface area (Å²) in [6.45, 7) is 2.57. The summed E-state index contributed by atoms with van der Waals surface area (Å²) >= 11 is 9.25. The van der Waals surface area contributed by atoms with Crippen LogP contribution < -0.4 is 4.74 Å². The van der Waals surface area contributed by atoms with Gasteiger partial charge in [-0.25, -0.2) is 0 Å². The third-order valence-electron chi connectivity index (χ3n) is 2.61. The Balaban J connectivity index is 2.74. The quantitative estimate of drug-likeness (QED) is 0.771. The van der Waals surface area contributed by atoms with Crippen molar-refractivity contribution < 1.29 is 9.53 Å². The monoisotopic (exact) mass is 333 g/mol. The number of hydrogen-bond acceptors (Lipinski definition) is 2. The molecular formula is C13H17BrClNO2. The second-order valence-electron chi connectivity index (χ2n) is 4.15. The third-order valence-corrected chi connectivity index (χ3v) is 3.45. The largest absolute Gasteiger partial charge is 0.496 e. The second kappa shape index (κ2) is 7.00. The summed E-state index contributed by atoms with van der Waals surface area (Å²) in [5, 5.41) is 0.0721. The van der Waals surface area contributed by atoms with Gasteiger partial charge in [0.05, 0.1) is 11.6 Å². The Morgan fingerprint density at radius 2 is 2.22 bits per heavy atom. The lowest BCUT2D eigenvalue weighted by molar-refractivity contribution is 0.0793. The minimum absolute atomic E-state index is 0.0179. The van der Waals surface area contributed by atoms with Gasteiger partial charge in [-0.2, -0.15) is 0 Å². The summed E-state index contributed by atoms with van der Waals surface area (Å²) < 4.78 is 5.90. The summed E-state index contributed by atoms with van der Waals surface area (Å²) in [5.74, 6) is 0.694. The van der Waals surface area contributed by atoms with Crippen molar-refractivity contribution in [2.24, 2.45) is 0 Å². The fraction of sp³-hybridized carbons (Fsp3) is 0.462. The molecule has 100 valence electrons. The highest BCUT2D eigenvalue weighted by molar-refractivity contribution is 9.10. The Kier molecular flexibility index (Phi) is 5.96. The first kappa shape index (κ1) is 15.3. The molecule has 0 radical (unpaired) electrons. The number of amides is 1. The van der Waals surface area contributed by atoms with Gasteiger partial charge in [-0.3, -0.25) is 4.79 Å². The molecule has 0 aromatic heterocycles. The van der Waals surface area contributed by atoms with E-state index in [0.29, 0.717) is 17.9 Å². The van der Waals surface area contributed by atoms with Gasteiger partial charge in [-0.15, -0.1) is 11.6 Å². The molecule has 3 nitrogen and oxygen atoms in total. The summed E-state index contributed by atoms with van der Waals surface area (Å²) in [6, 6.07) is 5.30. The first-order chi connectivity index (χ1) is 8.45. The number of rotatable bonds is 5. The number of nitrogens with zero attached hydrogens (tertiary/aromatic N) is 1. The highest BCUT2D eigenvalue weighted by Crippen LogP contribution is 2.26. The SMILES string of the molecule is COc1ccc(C(=O)N(C)CCC(C)Cl)cc1Br. The first-order valence-electron chi connectivity index (χ1n) is 5.68. The van der Waals surface area contributed by atoms with Gasteiger partial charge in [-0.05, 0) is 47.5 Å². The molecule has 1 aromatic rings. The molecule has 0 bridgehead atoms. The molecule has 0 heterocycles. The Morgan fingerprint density at radius 1 is 1.56 bits per heavy atom. The number of ether oxygens (including phenoxy) is 1. The number of halogens is 2. The molecule has 0 N–H and O–H groups in total. The molecule has 0 fully saturated rings. The zero-order chi connectivity index (χ0) is 13.7. The molecular weight excluding hydrogens is 318 g/mol. The smallest absolute Gasteiger partial charge is 0.253 e. The molecule has 1 amide bonds. The van der Waals surface area contributed by atoms with E-state index >= 15 is 0 Å². The van der Waals surface area contributed by atoms with Crippen molar-refractivity contribution in [1.29, 1.82) is 0 Å².